The fourth-order valence-electron chi connectivity index (χ4n) is 1.34. The molecule has 0 radical (unpaired) electrons. The Morgan fingerprint density at radius 3 is 3.00 bits per heavy atom. The third kappa shape index (κ3) is 4.62. The number of ether oxygens (including phenoxy) is 1. The predicted molar refractivity (Wildman–Crippen MR) is 67.5 cm³/mol. The van der Waals surface area contributed by atoms with Gasteiger partial charge >= 0.3 is 5.69 Å². The van der Waals surface area contributed by atoms with Crippen molar-refractivity contribution in [1.29, 1.82) is 0 Å². The van der Waals surface area contributed by atoms with Crippen molar-refractivity contribution in [2.24, 2.45) is 5.84 Å². The van der Waals surface area contributed by atoms with Gasteiger partial charge in [-0.2, -0.15) is 4.98 Å². The van der Waals surface area contributed by atoms with Gasteiger partial charge < -0.3 is 15.2 Å². The van der Waals surface area contributed by atoms with Crippen molar-refractivity contribution in [3.63, 3.8) is 0 Å². The van der Waals surface area contributed by atoms with E-state index in [0.717, 1.165) is 6.20 Å². The molecule has 19 heavy (non-hydrogen) atoms. The van der Waals surface area contributed by atoms with Crippen LogP contribution in [0.2, 0.25) is 0 Å². The number of hydrogen-bond acceptors (Lipinski definition) is 9. The van der Waals surface area contributed by atoms with E-state index in [1.807, 2.05) is 0 Å². The van der Waals surface area contributed by atoms with Gasteiger partial charge in [-0.15, -0.1) is 0 Å². The molecule has 1 rings (SSSR count). The number of hydrazine groups is 1. The maximum Gasteiger partial charge on any atom is 0.329 e. The van der Waals surface area contributed by atoms with Crippen LogP contribution in [0.1, 0.15) is 6.42 Å². The van der Waals surface area contributed by atoms with Gasteiger partial charge in [0.15, 0.2) is 0 Å². The smallest absolute Gasteiger partial charge is 0.329 e. The van der Waals surface area contributed by atoms with Crippen LogP contribution >= 0.6 is 0 Å². The summed E-state index contributed by atoms with van der Waals surface area (Å²) in [5.74, 6) is 5.23. The van der Waals surface area contributed by atoms with Crippen molar-refractivity contribution in [1.82, 2.24) is 9.97 Å². The molecule has 1 heterocycles. The van der Waals surface area contributed by atoms with E-state index in [2.05, 4.69) is 20.7 Å². The molecule has 1 atom stereocenters. The zero-order chi connectivity index (χ0) is 14.3. The summed E-state index contributed by atoms with van der Waals surface area (Å²) >= 11 is 0. The zero-order valence-corrected chi connectivity index (χ0v) is 10.4. The quantitative estimate of drug-likeness (QED) is 0.278. The summed E-state index contributed by atoms with van der Waals surface area (Å²) in [4.78, 5) is 17.7. The number of nitrogens with two attached hydrogens (primary N) is 1. The second-order valence-corrected chi connectivity index (χ2v) is 3.65. The molecule has 0 spiro atoms. The number of aliphatic hydroxyl groups excluding tert-OH is 1. The standard InChI is InChI=1S/C9H16N6O4/c1-19-5-6(16)2-3-11-8-7(15(17)18)4-12-9(13-8)14-10/h4,6,16H,2-3,5,10H2,1H3,(H2,11,12,13,14). The van der Waals surface area contributed by atoms with Crippen LogP contribution in [-0.2, 0) is 4.74 Å². The highest BCUT2D eigenvalue weighted by atomic mass is 16.6. The van der Waals surface area contributed by atoms with Gasteiger partial charge in [0.1, 0.15) is 6.20 Å². The second kappa shape index (κ2) is 7.41. The number of nitro groups is 1. The van der Waals surface area contributed by atoms with Crippen LogP contribution in [0, 0.1) is 10.1 Å². The maximum atomic E-state index is 10.8. The first-order valence-electron chi connectivity index (χ1n) is 5.47. The maximum absolute atomic E-state index is 10.8. The Kier molecular flexibility index (Phi) is 5.85. The van der Waals surface area contributed by atoms with Crippen LogP contribution in [0.25, 0.3) is 0 Å². The first-order valence-corrected chi connectivity index (χ1v) is 5.47. The summed E-state index contributed by atoms with van der Waals surface area (Å²) in [6.45, 7) is 0.496. The number of nitrogens with one attached hydrogen (secondary N) is 2. The molecular formula is C9H16N6O4. The Bertz CT molecular complexity index is 429. The summed E-state index contributed by atoms with van der Waals surface area (Å²) < 4.78 is 4.77. The van der Waals surface area contributed by atoms with Gasteiger partial charge in [-0.1, -0.05) is 0 Å². The molecule has 5 N–H and O–H groups in total. The van der Waals surface area contributed by atoms with Crippen LogP contribution in [0.3, 0.4) is 0 Å². The highest BCUT2D eigenvalue weighted by molar-refractivity contribution is 5.56. The lowest BCUT2D eigenvalue weighted by Crippen LogP contribution is -2.19. The highest BCUT2D eigenvalue weighted by Gasteiger charge is 2.17. The lowest BCUT2D eigenvalue weighted by atomic mass is 10.2. The Balaban J connectivity index is 2.67. The highest BCUT2D eigenvalue weighted by Crippen LogP contribution is 2.21. The molecule has 0 amide bonds. The third-order valence-electron chi connectivity index (χ3n) is 2.22. The molecule has 10 heteroatoms. The first-order chi connectivity index (χ1) is 9.08. The Hall–Kier alpha value is -2.04. The normalized spacial score (nSPS) is 11.9. The number of aromatic nitrogens is 2. The molecule has 0 aliphatic carbocycles. The fraction of sp³-hybridized carbons (Fsp3) is 0.556. The lowest BCUT2D eigenvalue weighted by Gasteiger charge is -2.10. The lowest BCUT2D eigenvalue weighted by molar-refractivity contribution is -0.384. The van der Waals surface area contributed by atoms with E-state index in [1.165, 1.54) is 7.11 Å². The van der Waals surface area contributed by atoms with Crippen molar-refractivity contribution in [2.45, 2.75) is 12.5 Å². The van der Waals surface area contributed by atoms with Gasteiger partial charge in [-0.25, -0.2) is 10.8 Å². The van der Waals surface area contributed by atoms with Crippen molar-refractivity contribution >= 4 is 17.5 Å². The molecule has 0 saturated carbocycles. The Labute approximate surface area is 109 Å². The first kappa shape index (κ1) is 15.0. The van der Waals surface area contributed by atoms with Crippen LogP contribution in [0.5, 0.6) is 0 Å². The van der Waals surface area contributed by atoms with Gasteiger partial charge in [0.25, 0.3) is 0 Å². The Morgan fingerprint density at radius 1 is 1.68 bits per heavy atom. The summed E-state index contributed by atoms with van der Waals surface area (Å²) in [6.07, 6.45) is 0.766. The fourth-order valence-corrected chi connectivity index (χ4v) is 1.34. The average Bonchev–Trinajstić information content (AvgIpc) is 2.38. The van der Waals surface area contributed by atoms with Crippen molar-refractivity contribution in [2.75, 3.05) is 31.0 Å². The third-order valence-corrected chi connectivity index (χ3v) is 2.22. The van der Waals surface area contributed by atoms with Gasteiger partial charge in [-0.05, 0) is 6.42 Å². The van der Waals surface area contributed by atoms with Crippen LogP contribution in [0.15, 0.2) is 6.20 Å². The minimum absolute atomic E-state index is 0.0394. The SMILES string of the molecule is COCC(O)CCNc1nc(NN)ncc1[N+](=O)[O-]. The number of rotatable bonds is 8. The van der Waals surface area contributed by atoms with E-state index in [9.17, 15) is 15.2 Å². The number of nitrogens with zero attached hydrogens (tertiary/aromatic N) is 3. The monoisotopic (exact) mass is 272 g/mol. The molecular weight excluding hydrogens is 256 g/mol. The topological polar surface area (TPSA) is 148 Å². The van der Waals surface area contributed by atoms with Gasteiger partial charge in [-0.3, -0.25) is 15.5 Å². The zero-order valence-electron chi connectivity index (χ0n) is 10.4. The number of methoxy groups -OCH3 is 1. The molecule has 0 bridgehead atoms. The van der Waals surface area contributed by atoms with E-state index in [0.29, 0.717) is 13.0 Å². The van der Waals surface area contributed by atoms with Gasteiger partial charge in [0, 0.05) is 13.7 Å². The summed E-state index contributed by atoms with van der Waals surface area (Å²) in [5, 5.41) is 23.0. The number of aliphatic hydroxyl groups is 1. The van der Waals surface area contributed by atoms with E-state index >= 15 is 0 Å². The molecule has 0 saturated heterocycles. The van der Waals surface area contributed by atoms with E-state index in [-0.39, 0.29) is 24.1 Å². The molecule has 0 aliphatic heterocycles. The molecule has 0 aromatic carbocycles. The number of nitrogen functional groups attached to an aromatic ring is 1. The molecule has 1 aromatic heterocycles. The van der Waals surface area contributed by atoms with Gasteiger partial charge in [0.2, 0.25) is 11.8 Å². The van der Waals surface area contributed by atoms with E-state index in [4.69, 9.17) is 10.6 Å². The van der Waals surface area contributed by atoms with Crippen LogP contribution in [-0.4, -0.2) is 46.4 Å². The van der Waals surface area contributed by atoms with E-state index in [1.54, 1.807) is 0 Å². The second-order valence-electron chi connectivity index (χ2n) is 3.65. The minimum Gasteiger partial charge on any atom is -0.391 e. The van der Waals surface area contributed by atoms with Crippen molar-refractivity contribution in [3.05, 3.63) is 16.3 Å². The minimum atomic E-state index is -0.648. The molecule has 1 unspecified atom stereocenters. The van der Waals surface area contributed by atoms with Crippen LogP contribution in [0.4, 0.5) is 17.5 Å². The molecule has 106 valence electrons. The van der Waals surface area contributed by atoms with E-state index < -0.39 is 11.0 Å². The Morgan fingerprint density at radius 2 is 2.42 bits per heavy atom. The summed E-state index contributed by atoms with van der Waals surface area (Å²) in [5.41, 5.74) is 1.94. The molecule has 0 aliphatic rings. The van der Waals surface area contributed by atoms with Crippen molar-refractivity contribution in [3.8, 4) is 0 Å². The summed E-state index contributed by atoms with van der Waals surface area (Å²) in [7, 11) is 1.48. The molecule has 0 fully saturated rings. The summed E-state index contributed by atoms with van der Waals surface area (Å²) in [6, 6.07) is 0. The predicted octanol–water partition coefficient (Wildman–Crippen LogP) is -0.520. The van der Waals surface area contributed by atoms with Crippen LogP contribution < -0.4 is 16.6 Å². The number of anilines is 2. The molecule has 1 aromatic rings. The molecule has 10 nitrogen and oxygen atoms in total. The number of hydrogen-bond donors (Lipinski definition) is 4. The average molecular weight is 272 g/mol. The largest absolute Gasteiger partial charge is 0.391 e. The van der Waals surface area contributed by atoms with Gasteiger partial charge in [0.05, 0.1) is 17.6 Å². The van der Waals surface area contributed by atoms with Crippen molar-refractivity contribution < 1.29 is 14.8 Å².